The standard InChI is InChI=1S/C12H19ClN2S/c1-2-5-15(10-3-4-10)11(7-14)12-6-9(13)8-16-12/h6,8,10-11H,2-5,7,14H2,1H3. The number of halogens is 1. The number of hydrogen-bond donors (Lipinski definition) is 1. The molecule has 1 fully saturated rings. The largest absolute Gasteiger partial charge is 0.329 e. The van der Waals surface area contributed by atoms with Crippen LogP contribution in [0.3, 0.4) is 0 Å². The monoisotopic (exact) mass is 258 g/mol. The molecule has 0 bridgehead atoms. The Morgan fingerprint density at radius 2 is 2.38 bits per heavy atom. The topological polar surface area (TPSA) is 29.3 Å². The zero-order valence-electron chi connectivity index (χ0n) is 9.66. The first-order valence-corrected chi connectivity index (χ1v) is 7.21. The van der Waals surface area contributed by atoms with Crippen LogP contribution in [0.2, 0.25) is 5.02 Å². The average molecular weight is 259 g/mol. The molecule has 0 amide bonds. The molecule has 1 aromatic heterocycles. The third-order valence-electron chi connectivity index (χ3n) is 3.04. The van der Waals surface area contributed by atoms with E-state index in [-0.39, 0.29) is 0 Å². The summed E-state index contributed by atoms with van der Waals surface area (Å²) in [7, 11) is 0. The number of nitrogens with two attached hydrogens (primary N) is 1. The lowest BCUT2D eigenvalue weighted by Crippen LogP contribution is -2.35. The van der Waals surface area contributed by atoms with Gasteiger partial charge in [0.1, 0.15) is 0 Å². The Kier molecular flexibility index (Phi) is 4.25. The molecule has 0 radical (unpaired) electrons. The van der Waals surface area contributed by atoms with E-state index in [1.54, 1.807) is 11.3 Å². The zero-order chi connectivity index (χ0) is 11.5. The third-order valence-corrected chi connectivity index (χ3v) is 4.42. The van der Waals surface area contributed by atoms with Gasteiger partial charge in [-0.25, -0.2) is 0 Å². The molecule has 0 aromatic carbocycles. The summed E-state index contributed by atoms with van der Waals surface area (Å²) in [6, 6.07) is 3.19. The molecule has 16 heavy (non-hydrogen) atoms. The van der Waals surface area contributed by atoms with Crippen molar-refractivity contribution in [3.63, 3.8) is 0 Å². The Labute approximate surface area is 106 Å². The van der Waals surface area contributed by atoms with Crippen molar-refractivity contribution < 1.29 is 0 Å². The van der Waals surface area contributed by atoms with Crippen molar-refractivity contribution in [1.82, 2.24) is 4.90 Å². The summed E-state index contributed by atoms with van der Waals surface area (Å²) >= 11 is 7.72. The van der Waals surface area contributed by atoms with Crippen LogP contribution >= 0.6 is 22.9 Å². The minimum Gasteiger partial charge on any atom is -0.329 e. The molecule has 4 heteroatoms. The lowest BCUT2D eigenvalue weighted by Gasteiger charge is -2.30. The van der Waals surface area contributed by atoms with E-state index in [2.05, 4.69) is 17.9 Å². The van der Waals surface area contributed by atoms with Gasteiger partial charge in [-0.2, -0.15) is 0 Å². The van der Waals surface area contributed by atoms with Crippen molar-refractivity contribution in [3.05, 3.63) is 21.3 Å². The van der Waals surface area contributed by atoms with E-state index >= 15 is 0 Å². The van der Waals surface area contributed by atoms with Crippen molar-refractivity contribution in [1.29, 1.82) is 0 Å². The predicted molar refractivity (Wildman–Crippen MR) is 71.1 cm³/mol. The van der Waals surface area contributed by atoms with Gasteiger partial charge < -0.3 is 5.73 Å². The normalized spacial score (nSPS) is 18.0. The Morgan fingerprint density at radius 1 is 1.62 bits per heavy atom. The quantitative estimate of drug-likeness (QED) is 0.849. The molecule has 1 aliphatic rings. The molecule has 1 aromatic rings. The molecule has 1 heterocycles. The van der Waals surface area contributed by atoms with E-state index in [9.17, 15) is 0 Å². The smallest absolute Gasteiger partial charge is 0.0567 e. The number of thiophene rings is 1. The Hall–Kier alpha value is -0.0900. The molecule has 2 N–H and O–H groups in total. The second-order valence-electron chi connectivity index (χ2n) is 4.39. The summed E-state index contributed by atoms with van der Waals surface area (Å²) in [5.41, 5.74) is 5.93. The van der Waals surface area contributed by atoms with Crippen LogP contribution in [0.1, 0.15) is 37.1 Å². The van der Waals surface area contributed by atoms with Crippen molar-refractivity contribution in [2.75, 3.05) is 13.1 Å². The minimum absolute atomic E-state index is 0.366. The van der Waals surface area contributed by atoms with E-state index in [1.165, 1.54) is 24.1 Å². The molecule has 2 nitrogen and oxygen atoms in total. The van der Waals surface area contributed by atoms with Crippen LogP contribution in [0.15, 0.2) is 11.4 Å². The summed E-state index contributed by atoms with van der Waals surface area (Å²) in [4.78, 5) is 3.87. The van der Waals surface area contributed by atoms with Gasteiger partial charge >= 0.3 is 0 Å². The first kappa shape index (κ1) is 12.4. The highest BCUT2D eigenvalue weighted by atomic mass is 35.5. The van der Waals surface area contributed by atoms with Crippen LogP contribution in [0.5, 0.6) is 0 Å². The molecule has 1 saturated carbocycles. The lowest BCUT2D eigenvalue weighted by atomic mass is 10.2. The summed E-state index contributed by atoms with van der Waals surface area (Å²) < 4.78 is 0. The first-order valence-electron chi connectivity index (χ1n) is 5.96. The summed E-state index contributed by atoms with van der Waals surface area (Å²) in [6.45, 7) is 4.06. The average Bonchev–Trinajstić information content (AvgIpc) is 3.02. The van der Waals surface area contributed by atoms with Gasteiger partial charge in [-0.15, -0.1) is 11.3 Å². The van der Waals surface area contributed by atoms with Gasteiger partial charge in [0.2, 0.25) is 0 Å². The van der Waals surface area contributed by atoms with Crippen LogP contribution in [0, 0.1) is 0 Å². The van der Waals surface area contributed by atoms with Crippen molar-refractivity contribution in [2.45, 2.75) is 38.3 Å². The van der Waals surface area contributed by atoms with Gasteiger partial charge in [-0.1, -0.05) is 18.5 Å². The Balaban J connectivity index is 2.12. The van der Waals surface area contributed by atoms with Gasteiger partial charge in [0, 0.05) is 22.8 Å². The lowest BCUT2D eigenvalue weighted by molar-refractivity contribution is 0.194. The van der Waals surface area contributed by atoms with Gasteiger partial charge in [0.15, 0.2) is 0 Å². The molecular formula is C12H19ClN2S. The van der Waals surface area contributed by atoms with Crippen LogP contribution in [0.4, 0.5) is 0 Å². The third kappa shape index (κ3) is 2.77. The fraction of sp³-hybridized carbons (Fsp3) is 0.667. The molecular weight excluding hydrogens is 240 g/mol. The fourth-order valence-corrected chi connectivity index (χ4v) is 3.39. The maximum Gasteiger partial charge on any atom is 0.0567 e. The Bertz CT molecular complexity index is 336. The molecule has 1 aliphatic carbocycles. The van der Waals surface area contributed by atoms with Crippen molar-refractivity contribution >= 4 is 22.9 Å². The maximum absolute atomic E-state index is 5.99. The highest BCUT2D eigenvalue weighted by Crippen LogP contribution is 2.36. The van der Waals surface area contributed by atoms with Crippen LogP contribution < -0.4 is 5.73 Å². The maximum atomic E-state index is 5.99. The van der Waals surface area contributed by atoms with Crippen LogP contribution in [-0.4, -0.2) is 24.0 Å². The van der Waals surface area contributed by atoms with Crippen LogP contribution in [0.25, 0.3) is 0 Å². The van der Waals surface area contributed by atoms with E-state index in [0.29, 0.717) is 12.6 Å². The number of hydrogen-bond acceptors (Lipinski definition) is 3. The second kappa shape index (κ2) is 5.50. The van der Waals surface area contributed by atoms with E-state index in [1.807, 2.05) is 5.38 Å². The van der Waals surface area contributed by atoms with Gasteiger partial charge in [0.05, 0.1) is 11.1 Å². The summed E-state index contributed by atoms with van der Waals surface area (Å²) in [6.07, 6.45) is 3.84. The van der Waals surface area contributed by atoms with Crippen LogP contribution in [-0.2, 0) is 0 Å². The van der Waals surface area contributed by atoms with Crippen molar-refractivity contribution in [3.8, 4) is 0 Å². The zero-order valence-corrected chi connectivity index (χ0v) is 11.2. The first-order chi connectivity index (χ1) is 7.76. The molecule has 1 atom stereocenters. The van der Waals surface area contributed by atoms with E-state index in [4.69, 9.17) is 17.3 Å². The molecule has 0 saturated heterocycles. The molecule has 0 spiro atoms. The molecule has 0 aliphatic heterocycles. The second-order valence-corrected chi connectivity index (χ2v) is 5.77. The minimum atomic E-state index is 0.366. The van der Waals surface area contributed by atoms with E-state index < -0.39 is 0 Å². The molecule has 2 rings (SSSR count). The Morgan fingerprint density at radius 3 is 2.81 bits per heavy atom. The van der Waals surface area contributed by atoms with Gasteiger partial charge in [-0.3, -0.25) is 4.90 Å². The number of nitrogens with zero attached hydrogens (tertiary/aromatic N) is 1. The van der Waals surface area contributed by atoms with E-state index in [0.717, 1.165) is 17.6 Å². The predicted octanol–water partition coefficient (Wildman–Crippen LogP) is 3.28. The molecule has 90 valence electrons. The number of rotatable bonds is 6. The highest BCUT2D eigenvalue weighted by Gasteiger charge is 2.33. The van der Waals surface area contributed by atoms with Crippen molar-refractivity contribution in [2.24, 2.45) is 5.73 Å². The molecule has 1 unspecified atom stereocenters. The fourth-order valence-electron chi connectivity index (χ4n) is 2.18. The summed E-state index contributed by atoms with van der Waals surface area (Å²) in [5, 5.41) is 2.84. The van der Waals surface area contributed by atoms with Gasteiger partial charge in [0.25, 0.3) is 0 Å². The summed E-state index contributed by atoms with van der Waals surface area (Å²) in [5.74, 6) is 0. The van der Waals surface area contributed by atoms with Gasteiger partial charge in [-0.05, 0) is 31.9 Å². The SMILES string of the molecule is CCCN(C1CC1)C(CN)c1cc(Cl)cs1. The highest BCUT2D eigenvalue weighted by molar-refractivity contribution is 7.10.